The molecule has 1 saturated carbocycles. The second-order valence-corrected chi connectivity index (χ2v) is 4.33. The largest absolute Gasteiger partial charge is 0.461 e. The Morgan fingerprint density at radius 3 is 2.50 bits per heavy atom. The summed E-state index contributed by atoms with van der Waals surface area (Å²) in [6, 6.07) is 0. The predicted molar refractivity (Wildman–Crippen MR) is 67.9 cm³/mol. The summed E-state index contributed by atoms with van der Waals surface area (Å²) >= 11 is 0. The molecule has 0 aromatic heterocycles. The van der Waals surface area contributed by atoms with Crippen LogP contribution in [-0.2, 0) is 9.53 Å². The van der Waals surface area contributed by atoms with Gasteiger partial charge in [-0.05, 0) is 39.8 Å². The van der Waals surface area contributed by atoms with Crippen molar-refractivity contribution < 1.29 is 9.53 Å². The maximum absolute atomic E-state index is 11.4. The first-order chi connectivity index (χ1) is 7.18. The van der Waals surface area contributed by atoms with Gasteiger partial charge in [-0.25, -0.2) is 4.79 Å². The van der Waals surface area contributed by atoms with Gasteiger partial charge in [-0.15, -0.1) is 12.4 Å². The molecule has 0 atom stereocenters. The van der Waals surface area contributed by atoms with Crippen molar-refractivity contribution in [1.82, 2.24) is 4.90 Å². The molecule has 0 radical (unpaired) electrons. The minimum Gasteiger partial charge on any atom is -0.461 e. The molecule has 94 valence electrons. The highest BCUT2D eigenvalue weighted by Crippen LogP contribution is 2.22. The van der Waals surface area contributed by atoms with E-state index in [4.69, 9.17) is 4.74 Å². The van der Waals surface area contributed by atoms with Gasteiger partial charge in [0.15, 0.2) is 0 Å². The molecular formula is C12H22ClNO2. The van der Waals surface area contributed by atoms with E-state index in [2.05, 4.69) is 0 Å². The van der Waals surface area contributed by atoms with Crippen LogP contribution >= 0.6 is 12.4 Å². The van der Waals surface area contributed by atoms with Crippen LogP contribution in [0.3, 0.4) is 0 Å². The normalized spacial score (nSPS) is 15.6. The van der Waals surface area contributed by atoms with Crippen LogP contribution in [0.1, 0.15) is 32.1 Å². The van der Waals surface area contributed by atoms with Crippen molar-refractivity contribution in [3.8, 4) is 0 Å². The van der Waals surface area contributed by atoms with Gasteiger partial charge < -0.3 is 9.64 Å². The van der Waals surface area contributed by atoms with Gasteiger partial charge >= 0.3 is 5.97 Å². The van der Waals surface area contributed by atoms with E-state index < -0.39 is 0 Å². The maximum atomic E-state index is 11.4. The molecule has 1 aliphatic rings. The van der Waals surface area contributed by atoms with E-state index in [1.807, 2.05) is 19.0 Å². The van der Waals surface area contributed by atoms with Crippen molar-refractivity contribution in [3.63, 3.8) is 0 Å². The Hall–Kier alpha value is -0.540. The molecule has 0 unspecified atom stereocenters. The highest BCUT2D eigenvalue weighted by molar-refractivity contribution is 5.85. The summed E-state index contributed by atoms with van der Waals surface area (Å²) in [5.41, 5.74) is 1.26. The molecule has 16 heavy (non-hydrogen) atoms. The Kier molecular flexibility index (Phi) is 8.30. The maximum Gasteiger partial charge on any atom is 0.330 e. The van der Waals surface area contributed by atoms with Gasteiger partial charge in [-0.3, -0.25) is 0 Å². The summed E-state index contributed by atoms with van der Waals surface area (Å²) in [5, 5.41) is 0. The van der Waals surface area contributed by atoms with Crippen LogP contribution in [0.4, 0.5) is 0 Å². The molecule has 0 amide bonds. The molecule has 0 heterocycles. The van der Waals surface area contributed by atoms with Gasteiger partial charge in [0.1, 0.15) is 6.61 Å². The zero-order valence-electron chi connectivity index (χ0n) is 10.2. The van der Waals surface area contributed by atoms with Gasteiger partial charge in [-0.2, -0.15) is 0 Å². The summed E-state index contributed by atoms with van der Waals surface area (Å²) in [4.78, 5) is 13.4. The van der Waals surface area contributed by atoms with E-state index in [0.29, 0.717) is 6.61 Å². The van der Waals surface area contributed by atoms with Crippen LogP contribution < -0.4 is 0 Å². The third kappa shape index (κ3) is 6.85. The van der Waals surface area contributed by atoms with Gasteiger partial charge in [-0.1, -0.05) is 12.0 Å². The first kappa shape index (κ1) is 15.5. The number of carbonyl (C=O) groups is 1. The smallest absolute Gasteiger partial charge is 0.330 e. The number of ether oxygens (including phenoxy) is 1. The Labute approximate surface area is 104 Å². The lowest BCUT2D eigenvalue weighted by Gasteiger charge is -2.13. The first-order valence-corrected chi connectivity index (χ1v) is 5.69. The lowest BCUT2D eigenvalue weighted by Crippen LogP contribution is -2.19. The second-order valence-electron chi connectivity index (χ2n) is 4.33. The van der Waals surface area contributed by atoms with Gasteiger partial charge in [0.05, 0.1) is 0 Å². The van der Waals surface area contributed by atoms with Crippen molar-refractivity contribution in [2.45, 2.75) is 32.1 Å². The summed E-state index contributed by atoms with van der Waals surface area (Å²) in [5.74, 6) is -0.172. The number of carbonyl (C=O) groups excluding carboxylic acids is 1. The van der Waals surface area contributed by atoms with Gasteiger partial charge in [0.2, 0.25) is 0 Å². The molecule has 3 nitrogen and oxygen atoms in total. The highest BCUT2D eigenvalue weighted by atomic mass is 35.5. The van der Waals surface area contributed by atoms with E-state index in [0.717, 1.165) is 19.4 Å². The quantitative estimate of drug-likeness (QED) is 0.565. The number of nitrogens with zero attached hydrogens (tertiary/aromatic N) is 1. The standard InChI is InChI=1S/C12H21NO2.ClH/c1-13(2)8-9-15-12(14)10-11-6-4-3-5-7-11;/h10H,3-9H2,1-2H3;1H. The Morgan fingerprint density at radius 2 is 1.94 bits per heavy atom. The average molecular weight is 248 g/mol. The summed E-state index contributed by atoms with van der Waals surface area (Å²) in [6.07, 6.45) is 7.57. The van der Waals surface area contributed by atoms with Crippen LogP contribution in [0.15, 0.2) is 11.6 Å². The number of esters is 1. The van der Waals surface area contributed by atoms with Crippen LogP contribution in [-0.4, -0.2) is 38.1 Å². The zero-order chi connectivity index (χ0) is 11.1. The second kappa shape index (κ2) is 8.59. The SMILES string of the molecule is CN(C)CCOC(=O)C=C1CCCCC1.Cl. The van der Waals surface area contributed by atoms with E-state index in [9.17, 15) is 4.79 Å². The molecule has 1 aliphatic carbocycles. The van der Waals surface area contributed by atoms with Gasteiger partial charge in [0, 0.05) is 12.6 Å². The number of hydrogen-bond donors (Lipinski definition) is 0. The molecule has 0 N–H and O–H groups in total. The molecule has 1 rings (SSSR count). The van der Waals surface area contributed by atoms with E-state index >= 15 is 0 Å². The number of hydrogen-bond acceptors (Lipinski definition) is 3. The lowest BCUT2D eigenvalue weighted by molar-refractivity contribution is -0.138. The third-order valence-corrected chi connectivity index (χ3v) is 2.60. The predicted octanol–water partition coefficient (Wildman–Crippen LogP) is 2.40. The molecule has 0 bridgehead atoms. The molecule has 0 aliphatic heterocycles. The molecule has 4 heteroatoms. The molecular weight excluding hydrogens is 226 g/mol. The number of halogens is 1. The minimum atomic E-state index is -0.172. The Balaban J connectivity index is 0.00000225. The van der Waals surface area contributed by atoms with Crippen LogP contribution in [0.25, 0.3) is 0 Å². The number of likely N-dealkylation sites (N-methyl/N-ethyl adjacent to an activating group) is 1. The van der Waals surface area contributed by atoms with Crippen molar-refractivity contribution in [1.29, 1.82) is 0 Å². The van der Waals surface area contributed by atoms with Gasteiger partial charge in [0.25, 0.3) is 0 Å². The molecule has 0 spiro atoms. The summed E-state index contributed by atoms with van der Waals surface area (Å²) in [7, 11) is 3.93. The summed E-state index contributed by atoms with van der Waals surface area (Å²) in [6.45, 7) is 1.27. The van der Waals surface area contributed by atoms with Crippen LogP contribution in [0, 0.1) is 0 Å². The average Bonchev–Trinajstić information content (AvgIpc) is 2.18. The molecule has 0 saturated heterocycles. The number of allylic oxidation sites excluding steroid dienone is 1. The van der Waals surface area contributed by atoms with Crippen LogP contribution in [0.2, 0.25) is 0 Å². The fourth-order valence-corrected chi connectivity index (χ4v) is 1.69. The third-order valence-electron chi connectivity index (χ3n) is 2.60. The zero-order valence-corrected chi connectivity index (χ0v) is 11.0. The monoisotopic (exact) mass is 247 g/mol. The molecule has 1 fully saturated rings. The Morgan fingerprint density at radius 1 is 1.31 bits per heavy atom. The number of rotatable bonds is 4. The summed E-state index contributed by atoms with van der Waals surface area (Å²) < 4.78 is 5.10. The van der Waals surface area contributed by atoms with Crippen LogP contribution in [0.5, 0.6) is 0 Å². The van der Waals surface area contributed by atoms with E-state index in [-0.39, 0.29) is 18.4 Å². The minimum absolute atomic E-state index is 0. The highest BCUT2D eigenvalue weighted by Gasteiger charge is 2.07. The molecule has 0 aromatic rings. The van der Waals surface area contributed by atoms with Crippen molar-refractivity contribution in [2.24, 2.45) is 0 Å². The molecule has 0 aromatic carbocycles. The van der Waals surface area contributed by atoms with E-state index in [1.54, 1.807) is 6.08 Å². The fraction of sp³-hybridized carbons (Fsp3) is 0.750. The Bertz CT molecular complexity index is 231. The van der Waals surface area contributed by atoms with E-state index in [1.165, 1.54) is 24.8 Å². The first-order valence-electron chi connectivity index (χ1n) is 5.69. The van der Waals surface area contributed by atoms with Crippen molar-refractivity contribution in [2.75, 3.05) is 27.2 Å². The topological polar surface area (TPSA) is 29.5 Å². The fourth-order valence-electron chi connectivity index (χ4n) is 1.69. The van der Waals surface area contributed by atoms with Crippen molar-refractivity contribution in [3.05, 3.63) is 11.6 Å². The van der Waals surface area contributed by atoms with Crippen molar-refractivity contribution >= 4 is 18.4 Å². The lowest BCUT2D eigenvalue weighted by atomic mass is 9.95.